The molecule has 0 fully saturated rings. The zero-order chi connectivity index (χ0) is 9.35. The van der Waals surface area contributed by atoms with Crippen LogP contribution in [0.1, 0.15) is 12.8 Å². The normalized spacial score (nSPS) is 23.9. The van der Waals surface area contributed by atoms with Crippen molar-refractivity contribution in [2.75, 3.05) is 0 Å². The summed E-state index contributed by atoms with van der Waals surface area (Å²) in [7, 11) is 0. The van der Waals surface area contributed by atoms with Gasteiger partial charge in [0, 0.05) is 5.57 Å². The summed E-state index contributed by atoms with van der Waals surface area (Å²) in [4.78, 5) is 10.3. The van der Waals surface area contributed by atoms with Crippen LogP contribution in [0, 0.1) is 5.92 Å². The molecule has 1 atom stereocenters. The fourth-order valence-electron chi connectivity index (χ4n) is 1.15. The predicted molar refractivity (Wildman–Crippen MR) is 34.5 cm³/mol. The molecular weight excluding hydrogens is 173 g/mol. The molecule has 0 aromatic carbocycles. The third-order valence-electron chi connectivity index (χ3n) is 1.81. The van der Waals surface area contributed by atoms with E-state index in [-0.39, 0.29) is 12.8 Å². The number of carbonyl (C=O) groups is 1. The van der Waals surface area contributed by atoms with E-state index in [2.05, 4.69) is 0 Å². The lowest BCUT2D eigenvalue weighted by Crippen LogP contribution is -2.10. The predicted octanol–water partition coefficient (Wildman–Crippen LogP) is 1.97. The highest BCUT2D eigenvalue weighted by Gasteiger charge is 2.38. The van der Waals surface area contributed by atoms with Crippen LogP contribution in [0.25, 0.3) is 0 Å². The Balaban J connectivity index is 2.73. The van der Waals surface area contributed by atoms with E-state index in [4.69, 9.17) is 5.11 Å². The van der Waals surface area contributed by atoms with E-state index in [0.717, 1.165) is 6.08 Å². The highest BCUT2D eigenvalue weighted by Crippen LogP contribution is 2.36. The van der Waals surface area contributed by atoms with E-state index in [1.54, 1.807) is 0 Å². The molecule has 0 aliphatic heterocycles. The van der Waals surface area contributed by atoms with E-state index in [9.17, 15) is 18.0 Å². The van der Waals surface area contributed by atoms with E-state index < -0.39 is 23.6 Å². The molecule has 0 heterocycles. The summed E-state index contributed by atoms with van der Waals surface area (Å²) in [5.41, 5.74) is -0.713. The molecule has 0 bridgehead atoms. The maximum atomic E-state index is 11.9. The van der Waals surface area contributed by atoms with Crippen LogP contribution in [-0.4, -0.2) is 17.3 Å². The minimum atomic E-state index is -4.36. The van der Waals surface area contributed by atoms with E-state index in [0.29, 0.717) is 0 Å². The largest absolute Gasteiger partial charge is 0.481 e. The molecule has 1 aliphatic carbocycles. The first-order valence-electron chi connectivity index (χ1n) is 3.42. The molecular formula is C7H7F3O2. The van der Waals surface area contributed by atoms with Crippen LogP contribution in [0.4, 0.5) is 13.2 Å². The zero-order valence-electron chi connectivity index (χ0n) is 6.06. The van der Waals surface area contributed by atoms with Gasteiger partial charge in [-0.2, -0.15) is 13.2 Å². The first kappa shape index (κ1) is 9.09. The van der Waals surface area contributed by atoms with Gasteiger partial charge in [-0.3, -0.25) is 4.79 Å². The van der Waals surface area contributed by atoms with E-state index in [1.165, 1.54) is 0 Å². The number of carboxylic acids is 1. The van der Waals surface area contributed by atoms with Gasteiger partial charge in [-0.15, -0.1) is 0 Å². The van der Waals surface area contributed by atoms with Gasteiger partial charge in [0.2, 0.25) is 0 Å². The second kappa shape index (κ2) is 2.80. The molecule has 12 heavy (non-hydrogen) atoms. The minimum Gasteiger partial charge on any atom is -0.481 e. The Morgan fingerprint density at radius 2 is 2.17 bits per heavy atom. The van der Waals surface area contributed by atoms with Gasteiger partial charge in [0.15, 0.2) is 0 Å². The van der Waals surface area contributed by atoms with Crippen LogP contribution in [0.3, 0.4) is 0 Å². The molecule has 0 aromatic heterocycles. The summed E-state index contributed by atoms with van der Waals surface area (Å²) in [6.07, 6.45) is -3.68. The molecule has 0 saturated heterocycles. The number of hydrogen-bond donors (Lipinski definition) is 1. The first-order chi connectivity index (χ1) is 5.41. The number of allylic oxidation sites excluding steroid dienone is 1. The van der Waals surface area contributed by atoms with Crippen molar-refractivity contribution in [1.82, 2.24) is 0 Å². The van der Waals surface area contributed by atoms with E-state index >= 15 is 0 Å². The van der Waals surface area contributed by atoms with Crippen LogP contribution < -0.4 is 0 Å². The molecule has 0 amide bonds. The molecule has 5 heteroatoms. The van der Waals surface area contributed by atoms with Crippen molar-refractivity contribution < 1.29 is 23.1 Å². The van der Waals surface area contributed by atoms with Gasteiger partial charge in [-0.1, -0.05) is 6.08 Å². The van der Waals surface area contributed by atoms with Gasteiger partial charge in [-0.05, 0) is 12.8 Å². The summed E-state index contributed by atoms with van der Waals surface area (Å²) < 4.78 is 35.8. The zero-order valence-corrected chi connectivity index (χ0v) is 6.06. The Morgan fingerprint density at radius 1 is 1.58 bits per heavy atom. The fraction of sp³-hybridized carbons (Fsp3) is 0.571. The number of alkyl halides is 3. The van der Waals surface area contributed by atoms with Gasteiger partial charge in [0.1, 0.15) is 0 Å². The number of aliphatic carboxylic acids is 1. The Kier molecular flexibility index (Phi) is 2.12. The first-order valence-corrected chi connectivity index (χ1v) is 3.42. The van der Waals surface area contributed by atoms with Crippen LogP contribution in [0.5, 0.6) is 0 Å². The van der Waals surface area contributed by atoms with Crippen LogP contribution >= 0.6 is 0 Å². The lowest BCUT2D eigenvalue weighted by Gasteiger charge is -2.04. The lowest BCUT2D eigenvalue weighted by molar-refractivity contribution is -0.140. The SMILES string of the molecule is O=C(O)[C@H]1C=C(C(F)(F)F)CC1. The Morgan fingerprint density at radius 3 is 2.42 bits per heavy atom. The molecule has 2 nitrogen and oxygen atoms in total. The van der Waals surface area contributed by atoms with Gasteiger partial charge in [-0.25, -0.2) is 0 Å². The summed E-state index contributed by atoms with van der Waals surface area (Å²) in [6, 6.07) is 0. The Bertz CT molecular complexity index is 229. The van der Waals surface area contributed by atoms with Crippen molar-refractivity contribution in [2.24, 2.45) is 5.92 Å². The molecule has 1 aliphatic rings. The molecule has 0 aromatic rings. The van der Waals surface area contributed by atoms with Gasteiger partial charge in [0.25, 0.3) is 0 Å². The average Bonchev–Trinajstić information content (AvgIpc) is 2.30. The van der Waals surface area contributed by atoms with Crippen molar-refractivity contribution in [3.05, 3.63) is 11.6 Å². The third-order valence-corrected chi connectivity index (χ3v) is 1.81. The summed E-state index contributed by atoms with van der Waals surface area (Å²) in [5, 5.41) is 8.38. The molecule has 68 valence electrons. The quantitative estimate of drug-likeness (QED) is 0.626. The van der Waals surface area contributed by atoms with Gasteiger partial charge < -0.3 is 5.11 Å². The standard InChI is InChI=1S/C7H7F3O2/c8-7(9,10)5-2-1-4(3-5)6(11)12/h3-4H,1-2H2,(H,11,12)/t4-/m1/s1. The van der Waals surface area contributed by atoms with Crippen molar-refractivity contribution in [1.29, 1.82) is 0 Å². The maximum Gasteiger partial charge on any atom is 0.412 e. The molecule has 0 radical (unpaired) electrons. The molecule has 1 N–H and O–H groups in total. The molecule has 0 spiro atoms. The van der Waals surface area contributed by atoms with E-state index in [1.807, 2.05) is 0 Å². The lowest BCUT2D eigenvalue weighted by atomic mass is 10.1. The van der Waals surface area contributed by atoms with Crippen LogP contribution in [-0.2, 0) is 4.79 Å². The summed E-state index contributed by atoms with van der Waals surface area (Å²) in [6.45, 7) is 0. The number of halogens is 3. The van der Waals surface area contributed by atoms with Crippen LogP contribution in [0.2, 0.25) is 0 Å². The van der Waals surface area contributed by atoms with Crippen molar-refractivity contribution >= 4 is 5.97 Å². The van der Waals surface area contributed by atoms with Crippen molar-refractivity contribution in [3.8, 4) is 0 Å². The topological polar surface area (TPSA) is 37.3 Å². The summed E-state index contributed by atoms with van der Waals surface area (Å²) >= 11 is 0. The highest BCUT2D eigenvalue weighted by molar-refractivity contribution is 5.73. The number of carboxylic acid groups (broad SMARTS) is 1. The highest BCUT2D eigenvalue weighted by atomic mass is 19.4. The number of rotatable bonds is 1. The summed E-state index contributed by atoms with van der Waals surface area (Å²) in [5.74, 6) is -2.14. The van der Waals surface area contributed by atoms with Crippen molar-refractivity contribution in [3.63, 3.8) is 0 Å². The number of hydrogen-bond acceptors (Lipinski definition) is 1. The molecule has 1 rings (SSSR count). The Labute approximate surface area is 66.7 Å². The molecule has 0 saturated carbocycles. The van der Waals surface area contributed by atoms with Gasteiger partial charge in [0.05, 0.1) is 5.92 Å². The second-order valence-corrected chi connectivity index (χ2v) is 2.67. The minimum absolute atomic E-state index is 0.0597. The third kappa shape index (κ3) is 1.78. The average molecular weight is 180 g/mol. The Hall–Kier alpha value is -1.00. The van der Waals surface area contributed by atoms with Gasteiger partial charge >= 0.3 is 12.1 Å². The van der Waals surface area contributed by atoms with Crippen LogP contribution in [0.15, 0.2) is 11.6 Å². The monoisotopic (exact) mass is 180 g/mol. The van der Waals surface area contributed by atoms with Crippen molar-refractivity contribution in [2.45, 2.75) is 19.0 Å². The smallest absolute Gasteiger partial charge is 0.412 e. The molecule has 0 unspecified atom stereocenters. The maximum absolute atomic E-state index is 11.9. The fourth-order valence-corrected chi connectivity index (χ4v) is 1.15. The second-order valence-electron chi connectivity index (χ2n) is 2.67.